The van der Waals surface area contributed by atoms with Gasteiger partial charge in [0.2, 0.25) is 0 Å². The Morgan fingerprint density at radius 3 is 1.00 bits per heavy atom. The molecule has 184 valence electrons. The molecule has 0 aromatic rings. The van der Waals surface area contributed by atoms with Crippen LogP contribution in [0, 0.1) is 0 Å². The minimum atomic E-state index is 0. The third-order valence-corrected chi connectivity index (χ3v) is 5.54. The maximum absolute atomic E-state index is 2.77. The first kappa shape index (κ1) is 34.5. The molecule has 0 spiro atoms. The minimum absolute atomic E-state index is 0. The smallest absolute Gasteiger partial charge is 0.350 e. The molecule has 0 aromatic carbocycles. The summed E-state index contributed by atoms with van der Waals surface area (Å²) in [6, 6.07) is 0. The Labute approximate surface area is 202 Å². The SMILES string of the molecule is CCCCN(CCCC)C(N(CCCC)CCCC)=[N+](CCCC)CCCC.Cl.[Cl-]. The lowest BCUT2D eigenvalue weighted by atomic mass is 10.2. The van der Waals surface area contributed by atoms with E-state index in [-0.39, 0.29) is 24.8 Å². The molecule has 0 heterocycles. The van der Waals surface area contributed by atoms with Crippen molar-refractivity contribution in [3.05, 3.63) is 0 Å². The average Bonchev–Trinajstić information content (AvgIpc) is 2.72. The van der Waals surface area contributed by atoms with Gasteiger partial charge in [0.25, 0.3) is 0 Å². The highest BCUT2D eigenvalue weighted by molar-refractivity contribution is 5.85. The van der Waals surface area contributed by atoms with E-state index in [1.807, 2.05) is 0 Å². The summed E-state index contributed by atoms with van der Waals surface area (Å²) in [6.07, 6.45) is 15.5. The fraction of sp³-hybridized carbons (Fsp3) is 0.960. The molecule has 0 saturated heterocycles. The number of guanidine groups is 1. The van der Waals surface area contributed by atoms with Crippen molar-refractivity contribution in [2.45, 2.75) is 119 Å². The van der Waals surface area contributed by atoms with Gasteiger partial charge in [-0.25, -0.2) is 0 Å². The van der Waals surface area contributed by atoms with Crippen LogP contribution in [0.4, 0.5) is 0 Å². The fourth-order valence-corrected chi connectivity index (χ4v) is 3.63. The van der Waals surface area contributed by atoms with E-state index in [1.165, 1.54) is 116 Å². The van der Waals surface area contributed by atoms with Crippen LogP contribution < -0.4 is 12.4 Å². The lowest BCUT2D eigenvalue weighted by Gasteiger charge is -2.31. The Morgan fingerprint density at radius 1 is 0.500 bits per heavy atom. The molecule has 0 atom stereocenters. The standard InChI is InChI=1S/C25H54N3.2ClH/c1-7-13-19-26(20-14-8-2)25(27(21-15-9-3)22-16-10-4)28(23-17-11-5)24-18-12-6;;/h7-24H2,1-6H3;2*1H/q+1;;/p-1. The van der Waals surface area contributed by atoms with Gasteiger partial charge < -0.3 is 12.4 Å². The molecule has 0 radical (unpaired) electrons. The molecule has 0 N–H and O–H groups in total. The largest absolute Gasteiger partial charge is 1.00 e. The van der Waals surface area contributed by atoms with Crippen LogP contribution in [0.25, 0.3) is 0 Å². The predicted molar refractivity (Wildman–Crippen MR) is 135 cm³/mol. The molecule has 3 nitrogen and oxygen atoms in total. The molecule has 0 fully saturated rings. The number of hydrogen-bond acceptors (Lipinski definition) is 0. The van der Waals surface area contributed by atoms with Crippen molar-refractivity contribution in [2.24, 2.45) is 0 Å². The summed E-state index contributed by atoms with van der Waals surface area (Å²) in [5.41, 5.74) is 0. The molecule has 0 saturated carbocycles. The fourth-order valence-electron chi connectivity index (χ4n) is 3.63. The third-order valence-electron chi connectivity index (χ3n) is 5.54. The molecule has 0 aromatic heterocycles. The van der Waals surface area contributed by atoms with Crippen molar-refractivity contribution >= 4 is 18.4 Å². The summed E-state index contributed by atoms with van der Waals surface area (Å²) in [4.78, 5) is 5.54. The van der Waals surface area contributed by atoms with Gasteiger partial charge in [0.15, 0.2) is 0 Å². The normalized spacial score (nSPS) is 10.2. The molecule has 0 rings (SSSR count). The summed E-state index contributed by atoms with van der Waals surface area (Å²) in [6.45, 7) is 21.3. The van der Waals surface area contributed by atoms with Crippen LogP contribution in [0.3, 0.4) is 0 Å². The van der Waals surface area contributed by atoms with Crippen molar-refractivity contribution in [3.63, 3.8) is 0 Å². The van der Waals surface area contributed by atoms with E-state index in [0.29, 0.717) is 0 Å². The van der Waals surface area contributed by atoms with Gasteiger partial charge in [-0.3, -0.25) is 14.4 Å². The van der Waals surface area contributed by atoms with E-state index in [2.05, 4.69) is 55.9 Å². The molecule has 0 amide bonds. The van der Waals surface area contributed by atoms with Gasteiger partial charge >= 0.3 is 5.96 Å². The highest BCUT2D eigenvalue weighted by Gasteiger charge is 2.28. The van der Waals surface area contributed by atoms with Crippen LogP contribution in [0.1, 0.15) is 119 Å². The second-order valence-corrected chi connectivity index (χ2v) is 8.38. The topological polar surface area (TPSA) is 9.49 Å². The van der Waals surface area contributed by atoms with Crippen LogP contribution in [-0.4, -0.2) is 59.6 Å². The highest BCUT2D eigenvalue weighted by Crippen LogP contribution is 2.10. The van der Waals surface area contributed by atoms with E-state index < -0.39 is 0 Å². The molecule has 0 aliphatic carbocycles. The first-order chi connectivity index (χ1) is 13.7. The Bertz CT molecular complexity index is 327. The van der Waals surface area contributed by atoms with E-state index in [9.17, 15) is 0 Å². The van der Waals surface area contributed by atoms with E-state index in [1.54, 1.807) is 5.96 Å². The summed E-state index contributed by atoms with van der Waals surface area (Å²) < 4.78 is 2.77. The van der Waals surface area contributed by atoms with Crippen molar-refractivity contribution in [3.8, 4) is 0 Å². The van der Waals surface area contributed by atoms with E-state index in [4.69, 9.17) is 0 Å². The summed E-state index contributed by atoms with van der Waals surface area (Å²) in [5.74, 6) is 1.57. The number of hydrogen-bond donors (Lipinski definition) is 0. The van der Waals surface area contributed by atoms with Crippen LogP contribution in [-0.2, 0) is 0 Å². The molecule has 0 unspecified atom stereocenters. The van der Waals surface area contributed by atoms with Crippen molar-refractivity contribution < 1.29 is 17.0 Å². The predicted octanol–water partition coefficient (Wildman–Crippen LogP) is 4.19. The maximum atomic E-state index is 2.77. The number of nitrogens with zero attached hydrogens (tertiary/aromatic N) is 3. The number of unbranched alkanes of at least 4 members (excludes halogenated alkanes) is 6. The second kappa shape index (κ2) is 25.1. The van der Waals surface area contributed by atoms with Gasteiger partial charge in [-0.2, -0.15) is 0 Å². The van der Waals surface area contributed by atoms with Gasteiger partial charge in [0.05, 0.1) is 39.3 Å². The molecule has 0 bridgehead atoms. The lowest BCUT2D eigenvalue weighted by molar-refractivity contribution is -0.539. The molecule has 0 aliphatic heterocycles. The quantitative estimate of drug-likeness (QED) is 0.170. The van der Waals surface area contributed by atoms with E-state index in [0.717, 1.165) is 0 Å². The molecule has 5 heteroatoms. The van der Waals surface area contributed by atoms with Gasteiger partial charge in [0.1, 0.15) is 0 Å². The zero-order chi connectivity index (χ0) is 21.0. The monoisotopic (exact) mass is 467 g/mol. The molecular weight excluding hydrogens is 413 g/mol. The van der Waals surface area contributed by atoms with Crippen molar-refractivity contribution in [1.29, 1.82) is 0 Å². The Balaban J connectivity index is -0.00000364. The van der Waals surface area contributed by atoms with Gasteiger partial charge in [-0.1, -0.05) is 80.1 Å². The van der Waals surface area contributed by atoms with Crippen molar-refractivity contribution in [1.82, 2.24) is 9.80 Å². The zero-order valence-corrected chi connectivity index (χ0v) is 22.9. The number of halogens is 2. The maximum Gasteiger partial charge on any atom is 0.350 e. The summed E-state index contributed by atoms with van der Waals surface area (Å²) >= 11 is 0. The van der Waals surface area contributed by atoms with Crippen LogP contribution >= 0.6 is 12.4 Å². The second-order valence-electron chi connectivity index (χ2n) is 8.38. The van der Waals surface area contributed by atoms with Crippen LogP contribution in [0.15, 0.2) is 0 Å². The van der Waals surface area contributed by atoms with Gasteiger partial charge in [0, 0.05) is 0 Å². The number of rotatable bonds is 18. The molecule has 0 aliphatic rings. The van der Waals surface area contributed by atoms with E-state index >= 15 is 0 Å². The van der Waals surface area contributed by atoms with Gasteiger partial charge in [-0.15, -0.1) is 12.4 Å². The average molecular weight is 469 g/mol. The minimum Gasteiger partial charge on any atom is -1.00 e. The van der Waals surface area contributed by atoms with Crippen LogP contribution in [0.5, 0.6) is 0 Å². The third kappa shape index (κ3) is 15.6. The summed E-state index contributed by atoms with van der Waals surface area (Å²) in [7, 11) is 0. The Hall–Kier alpha value is -0.150. The van der Waals surface area contributed by atoms with Gasteiger partial charge in [-0.05, 0) is 38.5 Å². The first-order valence-corrected chi connectivity index (χ1v) is 12.8. The van der Waals surface area contributed by atoms with Crippen molar-refractivity contribution in [2.75, 3.05) is 39.3 Å². The summed E-state index contributed by atoms with van der Waals surface area (Å²) in [5, 5.41) is 0. The zero-order valence-electron chi connectivity index (χ0n) is 21.4. The highest BCUT2D eigenvalue weighted by atomic mass is 35.5. The lowest BCUT2D eigenvalue weighted by Crippen LogP contribution is -3.00. The van der Waals surface area contributed by atoms with Crippen LogP contribution in [0.2, 0.25) is 0 Å². The molecule has 30 heavy (non-hydrogen) atoms. The molecular formula is C25H55Cl2N3. The Morgan fingerprint density at radius 2 is 0.767 bits per heavy atom. The Kier molecular flexibility index (Phi) is 28.8. The first-order valence-electron chi connectivity index (χ1n) is 12.8.